The van der Waals surface area contributed by atoms with E-state index in [0.29, 0.717) is 60.2 Å². The highest BCUT2D eigenvalue weighted by molar-refractivity contribution is 7.86. The van der Waals surface area contributed by atoms with Crippen molar-refractivity contribution in [3.05, 3.63) is 41.5 Å². The number of nitriles is 1. The zero-order chi connectivity index (χ0) is 25.8. The lowest BCUT2D eigenvalue weighted by Crippen LogP contribution is -2.37. The number of morpholine rings is 1. The molecule has 1 spiro atoms. The molecule has 10 nitrogen and oxygen atoms in total. The van der Waals surface area contributed by atoms with Crippen LogP contribution >= 0.6 is 0 Å². The molecule has 1 unspecified atom stereocenters. The first-order valence-corrected chi connectivity index (χ1v) is 14.0. The highest BCUT2D eigenvalue weighted by atomic mass is 32.2. The van der Waals surface area contributed by atoms with Gasteiger partial charge in [-0.25, -0.2) is 9.19 Å². The average Bonchev–Trinajstić information content (AvgIpc) is 3.68. The van der Waals surface area contributed by atoms with Crippen molar-refractivity contribution in [1.29, 1.82) is 5.26 Å². The number of aromatic nitrogens is 1. The Kier molecular flexibility index (Phi) is 7.60. The van der Waals surface area contributed by atoms with Crippen LogP contribution in [0.25, 0.3) is 0 Å². The summed E-state index contributed by atoms with van der Waals surface area (Å²) in [7, 11) is -1.42. The molecule has 1 aromatic carbocycles. The third-order valence-electron chi connectivity index (χ3n) is 7.39. The van der Waals surface area contributed by atoms with Crippen LogP contribution < -0.4 is 19.8 Å². The normalized spacial score (nSPS) is 19.2. The van der Waals surface area contributed by atoms with Crippen molar-refractivity contribution >= 4 is 39.9 Å². The van der Waals surface area contributed by atoms with E-state index >= 15 is 0 Å². The molecular weight excluding hydrogens is 492 g/mol. The van der Waals surface area contributed by atoms with E-state index in [1.807, 2.05) is 11.0 Å². The number of piperidine rings is 1. The maximum Gasteiger partial charge on any atom is 0.258 e. The van der Waals surface area contributed by atoms with Crippen LogP contribution in [0.1, 0.15) is 41.6 Å². The van der Waals surface area contributed by atoms with E-state index in [4.69, 9.17) is 9.84 Å². The van der Waals surface area contributed by atoms with Gasteiger partial charge >= 0.3 is 0 Å². The van der Waals surface area contributed by atoms with Gasteiger partial charge in [-0.05, 0) is 61.4 Å². The molecule has 0 radical (unpaired) electrons. The summed E-state index contributed by atoms with van der Waals surface area (Å²) in [5.41, 5.74) is 2.79. The van der Waals surface area contributed by atoms with Crippen molar-refractivity contribution in [3.63, 3.8) is 0 Å². The van der Waals surface area contributed by atoms with E-state index in [0.717, 1.165) is 31.6 Å². The molecular formula is C26H32N6O4S. The van der Waals surface area contributed by atoms with Gasteiger partial charge in [-0.3, -0.25) is 4.79 Å². The summed E-state index contributed by atoms with van der Waals surface area (Å²) in [5, 5.41) is 21.5. The maximum absolute atomic E-state index is 13.5. The van der Waals surface area contributed by atoms with Crippen LogP contribution in [-0.4, -0.2) is 72.0 Å². The van der Waals surface area contributed by atoms with Crippen LogP contribution in [0.3, 0.4) is 0 Å². The monoisotopic (exact) mass is 524 g/mol. The molecule has 1 aromatic heterocycles. The van der Waals surface area contributed by atoms with Crippen LogP contribution in [0.4, 0.5) is 23.0 Å². The number of anilines is 4. The summed E-state index contributed by atoms with van der Waals surface area (Å²) in [6.45, 7) is 4.04. The van der Waals surface area contributed by atoms with Gasteiger partial charge in [0.15, 0.2) is 0 Å². The number of amides is 1. The van der Waals surface area contributed by atoms with Crippen molar-refractivity contribution in [2.75, 3.05) is 71.6 Å². The standard InChI is InChI=1S/C26H32N6O4S/c27-18-19-15-23(28-24(16-19)32-9-12-36-13-10-32)29-25(34)21-2-1-20(30-37(35)14-11-33)17-22(21)31-7-5-26(3-4-26)6-8-31/h1-2,15-17,30,33H,3-14H2,(H,28,29,34). The first kappa shape index (κ1) is 25.4. The van der Waals surface area contributed by atoms with Gasteiger partial charge in [0, 0.05) is 31.9 Å². The number of pyridine rings is 1. The Morgan fingerprint density at radius 1 is 1.11 bits per heavy atom. The van der Waals surface area contributed by atoms with E-state index in [2.05, 4.69) is 26.0 Å². The maximum atomic E-state index is 13.5. The van der Waals surface area contributed by atoms with Crippen molar-refractivity contribution in [3.8, 4) is 6.07 Å². The van der Waals surface area contributed by atoms with Gasteiger partial charge in [0.1, 0.15) is 22.6 Å². The largest absolute Gasteiger partial charge is 0.395 e. The number of ether oxygens (including phenoxy) is 1. The highest BCUT2D eigenvalue weighted by Gasteiger charge is 2.44. The van der Waals surface area contributed by atoms with Crippen LogP contribution in [0.15, 0.2) is 30.3 Å². The molecule has 1 atom stereocenters. The van der Waals surface area contributed by atoms with E-state index in [1.165, 1.54) is 12.8 Å². The lowest BCUT2D eigenvalue weighted by Gasteiger charge is -2.35. The van der Waals surface area contributed by atoms with Crippen molar-refractivity contribution < 1.29 is 18.8 Å². The van der Waals surface area contributed by atoms with Gasteiger partial charge in [0.05, 0.1) is 48.5 Å². The number of carbonyl (C=O) groups excluding carboxylic acids is 1. The Hall–Kier alpha value is -3.20. The second-order valence-electron chi connectivity index (χ2n) is 9.86. The number of hydrogen-bond acceptors (Lipinski definition) is 8. The quantitative estimate of drug-likeness (QED) is 0.480. The number of nitrogens with one attached hydrogen (secondary N) is 2. The number of hydrogen-bond donors (Lipinski definition) is 3. The molecule has 2 aromatic rings. The highest BCUT2D eigenvalue weighted by Crippen LogP contribution is 2.54. The molecule has 11 heteroatoms. The fourth-order valence-corrected chi connectivity index (χ4v) is 5.65. The zero-order valence-corrected chi connectivity index (χ0v) is 21.6. The number of carbonyl (C=O) groups is 1. The predicted molar refractivity (Wildman–Crippen MR) is 143 cm³/mol. The molecule has 2 aliphatic heterocycles. The average molecular weight is 525 g/mol. The minimum absolute atomic E-state index is 0.121. The molecule has 3 N–H and O–H groups in total. The number of aliphatic hydroxyl groups is 1. The lowest BCUT2D eigenvalue weighted by atomic mass is 9.93. The number of aliphatic hydroxyl groups excluding tert-OH is 1. The molecule has 3 fully saturated rings. The molecule has 1 aliphatic carbocycles. The van der Waals surface area contributed by atoms with Crippen LogP contribution in [0.2, 0.25) is 0 Å². The van der Waals surface area contributed by atoms with Crippen molar-refractivity contribution in [2.45, 2.75) is 25.7 Å². The van der Waals surface area contributed by atoms with E-state index in [-0.39, 0.29) is 18.3 Å². The molecule has 37 heavy (non-hydrogen) atoms. The van der Waals surface area contributed by atoms with E-state index in [1.54, 1.807) is 24.3 Å². The SMILES string of the molecule is N#Cc1cc(NC(=O)c2ccc(NS(=O)CCO)cc2N2CCC3(CC2)CC3)nc(N2CCOCC2)c1. The van der Waals surface area contributed by atoms with Gasteiger partial charge in [0.25, 0.3) is 5.91 Å². The number of nitrogens with zero attached hydrogens (tertiary/aromatic N) is 4. The van der Waals surface area contributed by atoms with Gasteiger partial charge in [-0.2, -0.15) is 5.26 Å². The third-order valence-corrected chi connectivity index (χ3v) is 8.41. The molecule has 196 valence electrons. The van der Waals surface area contributed by atoms with Crippen molar-refractivity contribution in [2.24, 2.45) is 5.41 Å². The summed E-state index contributed by atoms with van der Waals surface area (Å²) >= 11 is 0. The summed E-state index contributed by atoms with van der Waals surface area (Å²) in [4.78, 5) is 22.4. The molecule has 2 saturated heterocycles. The van der Waals surface area contributed by atoms with Gasteiger partial charge in [-0.15, -0.1) is 0 Å². The molecule has 1 saturated carbocycles. The minimum Gasteiger partial charge on any atom is -0.395 e. The summed E-state index contributed by atoms with van der Waals surface area (Å²) in [5.74, 6) is 0.754. The van der Waals surface area contributed by atoms with Crippen LogP contribution in [0, 0.1) is 16.7 Å². The second-order valence-corrected chi connectivity index (χ2v) is 11.2. The Morgan fingerprint density at radius 2 is 1.86 bits per heavy atom. The first-order chi connectivity index (χ1) is 18.0. The number of rotatable bonds is 8. The zero-order valence-electron chi connectivity index (χ0n) is 20.7. The first-order valence-electron chi connectivity index (χ1n) is 12.7. The Labute approximate surface area is 219 Å². The minimum atomic E-state index is -1.42. The van der Waals surface area contributed by atoms with Gasteiger partial charge < -0.3 is 29.7 Å². The van der Waals surface area contributed by atoms with E-state index < -0.39 is 11.0 Å². The lowest BCUT2D eigenvalue weighted by molar-refractivity contribution is 0.102. The fraction of sp³-hybridized carbons (Fsp3) is 0.500. The fourth-order valence-electron chi connectivity index (χ4n) is 5.00. The number of benzene rings is 1. The Morgan fingerprint density at radius 3 is 2.54 bits per heavy atom. The third kappa shape index (κ3) is 6.04. The molecule has 0 bridgehead atoms. The predicted octanol–water partition coefficient (Wildman–Crippen LogP) is 2.49. The Bertz CT molecular complexity index is 1210. The van der Waals surface area contributed by atoms with E-state index in [9.17, 15) is 14.3 Å². The topological polar surface area (TPSA) is 131 Å². The molecule has 3 aliphatic rings. The van der Waals surface area contributed by atoms with Crippen molar-refractivity contribution in [1.82, 2.24) is 4.98 Å². The van der Waals surface area contributed by atoms with Gasteiger partial charge in [-0.1, -0.05) is 0 Å². The van der Waals surface area contributed by atoms with Crippen LogP contribution in [0.5, 0.6) is 0 Å². The molecule has 5 rings (SSSR count). The summed E-state index contributed by atoms with van der Waals surface area (Å²) in [6.07, 6.45) is 4.75. The van der Waals surface area contributed by atoms with Gasteiger partial charge in [0.2, 0.25) is 0 Å². The smallest absolute Gasteiger partial charge is 0.258 e. The van der Waals surface area contributed by atoms with Crippen LogP contribution in [-0.2, 0) is 15.7 Å². The summed E-state index contributed by atoms with van der Waals surface area (Å²) < 4.78 is 20.5. The second kappa shape index (κ2) is 11.0. The Balaban J connectivity index is 1.40. The summed E-state index contributed by atoms with van der Waals surface area (Å²) in [6, 6.07) is 10.8. The molecule has 1 amide bonds. The molecule has 3 heterocycles.